The Labute approximate surface area is 152 Å². The Hall–Kier alpha value is -2.15. The number of carbonyl (C=O) groups excluding carboxylic acids is 1. The van der Waals surface area contributed by atoms with Crippen LogP contribution < -0.4 is 15.4 Å². The van der Waals surface area contributed by atoms with Crippen molar-refractivity contribution in [2.75, 3.05) is 32.1 Å². The van der Waals surface area contributed by atoms with Crippen LogP contribution in [0.15, 0.2) is 48.5 Å². The summed E-state index contributed by atoms with van der Waals surface area (Å²) in [5, 5.41) is 5.75. The molecule has 0 bridgehead atoms. The topological polar surface area (TPSA) is 59.6 Å². The van der Waals surface area contributed by atoms with E-state index in [1.807, 2.05) is 0 Å². The van der Waals surface area contributed by atoms with E-state index in [-0.39, 0.29) is 37.3 Å². The summed E-state index contributed by atoms with van der Waals surface area (Å²) in [6.07, 6.45) is 0. The van der Waals surface area contributed by atoms with Gasteiger partial charge in [-0.1, -0.05) is 18.2 Å². The van der Waals surface area contributed by atoms with E-state index in [4.69, 9.17) is 9.47 Å². The quantitative estimate of drug-likeness (QED) is 0.668. The lowest BCUT2D eigenvalue weighted by molar-refractivity contribution is -0.115. The molecule has 0 saturated carbocycles. The van der Waals surface area contributed by atoms with Crippen LogP contribution >= 0.6 is 12.4 Å². The maximum Gasteiger partial charge on any atom is 0.238 e. The van der Waals surface area contributed by atoms with Crippen LogP contribution in [-0.4, -0.2) is 32.7 Å². The van der Waals surface area contributed by atoms with E-state index in [1.165, 1.54) is 12.1 Å². The Kier molecular flexibility index (Phi) is 9.54. The minimum absolute atomic E-state index is 0. The third-order valence-electron chi connectivity index (χ3n) is 3.18. The molecule has 0 aliphatic rings. The van der Waals surface area contributed by atoms with Crippen LogP contribution in [0.2, 0.25) is 0 Å². The highest BCUT2D eigenvalue weighted by Gasteiger charge is 2.04. The van der Waals surface area contributed by atoms with Crippen molar-refractivity contribution in [1.82, 2.24) is 5.32 Å². The summed E-state index contributed by atoms with van der Waals surface area (Å²) >= 11 is 0. The zero-order valence-corrected chi connectivity index (χ0v) is 14.8. The number of hydrogen-bond acceptors (Lipinski definition) is 4. The predicted molar refractivity (Wildman–Crippen MR) is 97.8 cm³/mol. The van der Waals surface area contributed by atoms with Crippen molar-refractivity contribution in [1.29, 1.82) is 0 Å². The molecule has 0 aromatic heterocycles. The van der Waals surface area contributed by atoms with Gasteiger partial charge in [-0.15, -0.1) is 12.4 Å². The fourth-order valence-corrected chi connectivity index (χ4v) is 2.04. The molecule has 0 radical (unpaired) electrons. The van der Waals surface area contributed by atoms with Crippen LogP contribution in [0, 0.1) is 5.82 Å². The number of carbonyl (C=O) groups is 1. The lowest BCUT2D eigenvalue weighted by atomic mass is 10.2. The van der Waals surface area contributed by atoms with Crippen molar-refractivity contribution in [3.63, 3.8) is 0 Å². The molecule has 1 amide bonds. The van der Waals surface area contributed by atoms with Gasteiger partial charge in [0, 0.05) is 25.4 Å². The lowest BCUT2D eigenvalue weighted by Gasteiger charge is -2.10. The first kappa shape index (κ1) is 20.9. The molecule has 7 heteroatoms. The van der Waals surface area contributed by atoms with E-state index in [0.29, 0.717) is 24.6 Å². The first-order valence-electron chi connectivity index (χ1n) is 7.64. The third kappa shape index (κ3) is 7.98. The van der Waals surface area contributed by atoms with Crippen molar-refractivity contribution >= 4 is 24.0 Å². The molecule has 0 spiro atoms. The molecular formula is C18H22ClFN2O3. The molecule has 5 nitrogen and oxygen atoms in total. The summed E-state index contributed by atoms with van der Waals surface area (Å²) in [7, 11) is 1.61. The minimum Gasteiger partial charge on any atom is -0.489 e. The third-order valence-corrected chi connectivity index (χ3v) is 3.18. The van der Waals surface area contributed by atoms with E-state index in [0.717, 1.165) is 5.56 Å². The number of anilines is 1. The van der Waals surface area contributed by atoms with Crippen molar-refractivity contribution in [2.24, 2.45) is 0 Å². The van der Waals surface area contributed by atoms with E-state index >= 15 is 0 Å². The first-order chi connectivity index (χ1) is 11.7. The monoisotopic (exact) mass is 368 g/mol. The van der Waals surface area contributed by atoms with Crippen LogP contribution in [0.25, 0.3) is 0 Å². The second-order valence-electron chi connectivity index (χ2n) is 5.16. The Bertz CT molecular complexity index is 670. The van der Waals surface area contributed by atoms with Crippen molar-refractivity contribution < 1.29 is 18.7 Å². The smallest absolute Gasteiger partial charge is 0.238 e. The molecule has 2 rings (SSSR count). The summed E-state index contributed by atoms with van der Waals surface area (Å²) < 4.78 is 23.7. The number of benzene rings is 2. The number of hydrogen-bond donors (Lipinski definition) is 2. The van der Waals surface area contributed by atoms with Gasteiger partial charge in [0.15, 0.2) is 0 Å². The van der Waals surface area contributed by atoms with E-state index in [2.05, 4.69) is 10.6 Å². The molecule has 0 atom stereocenters. The van der Waals surface area contributed by atoms with Crippen LogP contribution in [0.5, 0.6) is 5.75 Å². The highest BCUT2D eigenvalue weighted by atomic mass is 35.5. The van der Waals surface area contributed by atoms with Crippen LogP contribution in [0.3, 0.4) is 0 Å². The molecule has 2 N–H and O–H groups in total. The zero-order valence-electron chi connectivity index (χ0n) is 14.0. The van der Waals surface area contributed by atoms with Gasteiger partial charge < -0.3 is 20.1 Å². The van der Waals surface area contributed by atoms with Crippen LogP contribution in [-0.2, 0) is 16.1 Å². The average molecular weight is 369 g/mol. The van der Waals surface area contributed by atoms with Gasteiger partial charge in [-0.2, -0.15) is 0 Å². The molecule has 136 valence electrons. The highest BCUT2D eigenvalue weighted by molar-refractivity contribution is 5.92. The van der Waals surface area contributed by atoms with Gasteiger partial charge in [0.25, 0.3) is 0 Å². The van der Waals surface area contributed by atoms with Gasteiger partial charge in [-0.25, -0.2) is 4.39 Å². The van der Waals surface area contributed by atoms with E-state index in [9.17, 15) is 9.18 Å². The molecule has 2 aromatic carbocycles. The second kappa shape index (κ2) is 11.4. The summed E-state index contributed by atoms with van der Waals surface area (Å²) in [5.41, 5.74) is 1.39. The summed E-state index contributed by atoms with van der Waals surface area (Å²) in [6, 6.07) is 13.3. The molecule has 25 heavy (non-hydrogen) atoms. The second-order valence-corrected chi connectivity index (χ2v) is 5.16. The maximum absolute atomic E-state index is 13.1. The Balaban J connectivity index is 0.00000312. The highest BCUT2D eigenvalue weighted by Crippen LogP contribution is 2.18. The fourth-order valence-electron chi connectivity index (χ4n) is 2.04. The summed E-state index contributed by atoms with van der Waals surface area (Å²) in [6.45, 7) is 1.63. The van der Waals surface area contributed by atoms with Crippen LogP contribution in [0.4, 0.5) is 10.1 Å². The van der Waals surface area contributed by atoms with Crippen LogP contribution in [0.1, 0.15) is 5.56 Å². The molecule has 0 fully saturated rings. The molecule has 0 unspecified atom stereocenters. The van der Waals surface area contributed by atoms with Gasteiger partial charge in [0.2, 0.25) is 5.91 Å². The summed E-state index contributed by atoms with van der Waals surface area (Å²) in [5.74, 6) is 0.163. The Morgan fingerprint density at radius 1 is 1.16 bits per heavy atom. The predicted octanol–water partition coefficient (Wildman–Crippen LogP) is 3.00. The van der Waals surface area contributed by atoms with E-state index in [1.54, 1.807) is 43.5 Å². The first-order valence-corrected chi connectivity index (χ1v) is 7.64. The number of nitrogens with one attached hydrogen (secondary N) is 2. The van der Waals surface area contributed by atoms with Crippen molar-refractivity contribution in [2.45, 2.75) is 6.61 Å². The fraction of sp³-hybridized carbons (Fsp3) is 0.278. The molecule has 0 saturated heterocycles. The number of amides is 1. The van der Waals surface area contributed by atoms with Gasteiger partial charge in [0.05, 0.1) is 13.2 Å². The summed E-state index contributed by atoms with van der Waals surface area (Å²) in [4.78, 5) is 11.8. The van der Waals surface area contributed by atoms with Gasteiger partial charge >= 0.3 is 0 Å². The number of ether oxygens (including phenoxy) is 2. The number of halogens is 2. The molecule has 0 aliphatic carbocycles. The van der Waals surface area contributed by atoms with Gasteiger partial charge in [0.1, 0.15) is 18.2 Å². The van der Waals surface area contributed by atoms with Gasteiger partial charge in [-0.3, -0.25) is 4.79 Å². The maximum atomic E-state index is 13.1. The lowest BCUT2D eigenvalue weighted by Crippen LogP contribution is -2.30. The molecule has 2 aromatic rings. The largest absolute Gasteiger partial charge is 0.489 e. The number of methoxy groups -OCH3 is 1. The number of rotatable bonds is 9. The molecule has 0 heterocycles. The van der Waals surface area contributed by atoms with Crippen molar-refractivity contribution in [3.05, 3.63) is 59.9 Å². The molecule has 0 aliphatic heterocycles. The van der Waals surface area contributed by atoms with Gasteiger partial charge in [-0.05, 0) is 29.8 Å². The SMILES string of the molecule is COCCNCC(=O)Nc1cccc(OCc2cccc(F)c2)c1.Cl. The standard InChI is InChI=1S/C18H21FN2O3.ClH/c1-23-9-8-20-12-18(22)21-16-6-3-7-17(11-16)24-13-14-4-2-5-15(19)10-14;/h2-7,10-11,20H,8-9,12-13H2,1H3,(H,21,22);1H. The Morgan fingerprint density at radius 2 is 1.96 bits per heavy atom. The zero-order chi connectivity index (χ0) is 17.2. The van der Waals surface area contributed by atoms with Crippen molar-refractivity contribution in [3.8, 4) is 5.75 Å². The Morgan fingerprint density at radius 3 is 2.72 bits per heavy atom. The van der Waals surface area contributed by atoms with E-state index < -0.39 is 0 Å². The minimum atomic E-state index is -0.293. The molecular weight excluding hydrogens is 347 g/mol. The average Bonchev–Trinajstić information content (AvgIpc) is 2.57. The normalized spacial score (nSPS) is 10.0.